The van der Waals surface area contributed by atoms with Crippen LogP contribution < -0.4 is 14.8 Å². The summed E-state index contributed by atoms with van der Waals surface area (Å²) >= 11 is 0. The summed E-state index contributed by atoms with van der Waals surface area (Å²) < 4.78 is 12.4. The van der Waals surface area contributed by atoms with Crippen LogP contribution in [-0.4, -0.2) is 19.3 Å². The molecule has 1 aliphatic heterocycles. The highest BCUT2D eigenvalue weighted by Gasteiger charge is 2.42. The van der Waals surface area contributed by atoms with Crippen molar-refractivity contribution in [2.45, 2.75) is 63.5 Å². The van der Waals surface area contributed by atoms with Crippen molar-refractivity contribution in [3.05, 3.63) is 23.8 Å². The van der Waals surface area contributed by atoms with E-state index in [2.05, 4.69) is 30.4 Å². The van der Waals surface area contributed by atoms with Crippen LogP contribution >= 0.6 is 0 Å². The van der Waals surface area contributed by atoms with E-state index in [1.54, 1.807) is 0 Å². The fourth-order valence-corrected chi connectivity index (χ4v) is 3.79. The van der Waals surface area contributed by atoms with E-state index in [1.165, 1.54) is 37.7 Å². The predicted molar refractivity (Wildman–Crippen MR) is 85.1 cm³/mol. The van der Waals surface area contributed by atoms with E-state index in [1.807, 2.05) is 7.05 Å². The number of nitrogens with one attached hydrogen (secondary N) is 1. The van der Waals surface area contributed by atoms with Gasteiger partial charge in [0.2, 0.25) is 0 Å². The van der Waals surface area contributed by atoms with Crippen molar-refractivity contribution in [1.82, 2.24) is 5.32 Å². The van der Waals surface area contributed by atoms with Crippen LogP contribution in [0.25, 0.3) is 0 Å². The molecule has 116 valence electrons. The lowest BCUT2D eigenvalue weighted by Crippen LogP contribution is -2.45. The molecule has 0 bridgehead atoms. The molecule has 0 radical (unpaired) electrons. The van der Waals surface area contributed by atoms with Gasteiger partial charge < -0.3 is 14.8 Å². The van der Waals surface area contributed by atoms with E-state index in [0.717, 1.165) is 30.9 Å². The van der Waals surface area contributed by atoms with Crippen LogP contribution in [0.5, 0.6) is 11.5 Å². The van der Waals surface area contributed by atoms with Gasteiger partial charge in [-0.1, -0.05) is 19.4 Å². The largest absolute Gasteiger partial charge is 0.493 e. The Morgan fingerprint density at radius 1 is 1.29 bits per heavy atom. The quantitative estimate of drug-likeness (QED) is 0.900. The van der Waals surface area contributed by atoms with Gasteiger partial charge in [0, 0.05) is 12.5 Å². The standard InChI is InChI=1S/C18H27NO2/c1-3-12-20-15-8-7-9-16-17(15)14(19-2)13-18(21-16)10-5-4-6-11-18/h7-9,14,19H,3-6,10-13H2,1-2H3. The van der Waals surface area contributed by atoms with Gasteiger partial charge in [-0.2, -0.15) is 0 Å². The molecular weight excluding hydrogens is 262 g/mol. The molecule has 3 nitrogen and oxygen atoms in total. The van der Waals surface area contributed by atoms with Crippen molar-refractivity contribution < 1.29 is 9.47 Å². The van der Waals surface area contributed by atoms with E-state index in [9.17, 15) is 0 Å². The van der Waals surface area contributed by atoms with Crippen molar-refractivity contribution >= 4 is 0 Å². The minimum atomic E-state index is 0.0440. The highest BCUT2D eigenvalue weighted by atomic mass is 16.5. The van der Waals surface area contributed by atoms with Crippen LogP contribution in [0.4, 0.5) is 0 Å². The third-order valence-corrected chi connectivity index (χ3v) is 4.85. The van der Waals surface area contributed by atoms with Crippen molar-refractivity contribution in [1.29, 1.82) is 0 Å². The molecule has 0 aromatic heterocycles. The lowest BCUT2D eigenvalue weighted by atomic mass is 9.77. The zero-order chi connectivity index (χ0) is 14.7. The Balaban J connectivity index is 1.92. The number of ether oxygens (including phenoxy) is 2. The maximum absolute atomic E-state index is 6.49. The first-order valence-corrected chi connectivity index (χ1v) is 8.40. The topological polar surface area (TPSA) is 30.5 Å². The van der Waals surface area contributed by atoms with E-state index in [4.69, 9.17) is 9.47 Å². The van der Waals surface area contributed by atoms with E-state index >= 15 is 0 Å². The fraction of sp³-hybridized carbons (Fsp3) is 0.667. The van der Waals surface area contributed by atoms with Gasteiger partial charge >= 0.3 is 0 Å². The van der Waals surface area contributed by atoms with Gasteiger partial charge in [-0.15, -0.1) is 0 Å². The van der Waals surface area contributed by atoms with Crippen LogP contribution in [0.3, 0.4) is 0 Å². The highest BCUT2D eigenvalue weighted by Crippen LogP contribution is 2.48. The highest BCUT2D eigenvalue weighted by molar-refractivity contribution is 5.49. The first-order chi connectivity index (χ1) is 10.3. The molecular formula is C18H27NO2. The molecule has 1 spiro atoms. The molecule has 1 unspecified atom stereocenters. The Labute approximate surface area is 128 Å². The lowest BCUT2D eigenvalue weighted by molar-refractivity contribution is -0.00261. The number of fused-ring (bicyclic) bond motifs is 1. The Hall–Kier alpha value is -1.22. The Morgan fingerprint density at radius 3 is 2.81 bits per heavy atom. The average Bonchev–Trinajstić information content (AvgIpc) is 2.52. The maximum Gasteiger partial charge on any atom is 0.128 e. The molecule has 3 rings (SSSR count). The van der Waals surface area contributed by atoms with E-state index in [0.29, 0.717) is 6.04 Å². The maximum atomic E-state index is 6.49. The molecule has 2 aliphatic rings. The van der Waals surface area contributed by atoms with Gasteiger partial charge in [0.05, 0.1) is 12.2 Å². The molecule has 1 aliphatic carbocycles. The van der Waals surface area contributed by atoms with Crippen LogP contribution in [-0.2, 0) is 0 Å². The van der Waals surface area contributed by atoms with Crippen LogP contribution in [0.15, 0.2) is 18.2 Å². The summed E-state index contributed by atoms with van der Waals surface area (Å²) in [6.07, 6.45) is 8.38. The van der Waals surface area contributed by atoms with Crippen LogP contribution in [0, 0.1) is 0 Å². The summed E-state index contributed by atoms with van der Waals surface area (Å²) in [4.78, 5) is 0. The minimum absolute atomic E-state index is 0.0440. The van der Waals surface area contributed by atoms with Gasteiger partial charge in [0.1, 0.15) is 17.1 Å². The van der Waals surface area contributed by atoms with E-state index < -0.39 is 0 Å². The molecule has 21 heavy (non-hydrogen) atoms. The van der Waals surface area contributed by atoms with Gasteiger partial charge in [-0.3, -0.25) is 0 Å². The van der Waals surface area contributed by atoms with Crippen molar-refractivity contribution in [2.24, 2.45) is 0 Å². The number of benzene rings is 1. The summed E-state index contributed by atoms with van der Waals surface area (Å²) in [5.41, 5.74) is 1.26. The molecule has 1 atom stereocenters. The minimum Gasteiger partial charge on any atom is -0.493 e. The van der Waals surface area contributed by atoms with Crippen molar-refractivity contribution in [2.75, 3.05) is 13.7 Å². The Bertz CT molecular complexity index is 480. The Kier molecular flexibility index (Phi) is 4.39. The molecule has 1 heterocycles. The van der Waals surface area contributed by atoms with E-state index in [-0.39, 0.29) is 5.60 Å². The van der Waals surface area contributed by atoms with Crippen LogP contribution in [0.2, 0.25) is 0 Å². The van der Waals surface area contributed by atoms with Gasteiger partial charge in [0.15, 0.2) is 0 Å². The molecule has 0 amide bonds. The van der Waals surface area contributed by atoms with Gasteiger partial charge in [0.25, 0.3) is 0 Å². The van der Waals surface area contributed by atoms with Crippen molar-refractivity contribution in [3.63, 3.8) is 0 Å². The third kappa shape index (κ3) is 2.89. The lowest BCUT2D eigenvalue weighted by Gasteiger charge is -2.44. The molecule has 0 saturated heterocycles. The molecule has 1 saturated carbocycles. The summed E-state index contributed by atoms with van der Waals surface area (Å²) in [6.45, 7) is 2.90. The second kappa shape index (κ2) is 6.27. The number of hydrogen-bond donors (Lipinski definition) is 1. The molecule has 1 fully saturated rings. The molecule has 3 heteroatoms. The average molecular weight is 289 g/mol. The second-order valence-electron chi connectivity index (χ2n) is 6.41. The number of hydrogen-bond acceptors (Lipinski definition) is 3. The monoisotopic (exact) mass is 289 g/mol. The normalized spacial score (nSPS) is 23.4. The smallest absolute Gasteiger partial charge is 0.128 e. The fourth-order valence-electron chi connectivity index (χ4n) is 3.79. The first kappa shape index (κ1) is 14.7. The summed E-state index contributed by atoms with van der Waals surface area (Å²) in [5.74, 6) is 2.01. The Morgan fingerprint density at radius 2 is 2.10 bits per heavy atom. The van der Waals surface area contributed by atoms with Crippen molar-refractivity contribution in [3.8, 4) is 11.5 Å². The number of rotatable bonds is 4. The third-order valence-electron chi connectivity index (χ3n) is 4.85. The van der Waals surface area contributed by atoms with Gasteiger partial charge in [-0.05, 0) is 51.3 Å². The molecule has 1 aromatic carbocycles. The first-order valence-electron chi connectivity index (χ1n) is 8.40. The molecule has 1 aromatic rings. The van der Waals surface area contributed by atoms with Crippen LogP contribution in [0.1, 0.15) is 63.5 Å². The SMILES string of the molecule is CCCOc1cccc2c1C(NC)CC1(CCCCC1)O2. The second-order valence-corrected chi connectivity index (χ2v) is 6.41. The molecule has 1 N–H and O–H groups in total. The summed E-state index contributed by atoms with van der Waals surface area (Å²) in [7, 11) is 2.05. The predicted octanol–water partition coefficient (Wildman–Crippen LogP) is 4.22. The summed E-state index contributed by atoms with van der Waals surface area (Å²) in [6, 6.07) is 6.56. The van der Waals surface area contributed by atoms with Gasteiger partial charge in [-0.25, -0.2) is 0 Å². The zero-order valence-corrected chi connectivity index (χ0v) is 13.3. The zero-order valence-electron chi connectivity index (χ0n) is 13.3. The summed E-state index contributed by atoms with van der Waals surface area (Å²) in [5, 5.41) is 3.49.